The minimum absolute atomic E-state index is 0.0104. The van der Waals surface area contributed by atoms with E-state index in [1.165, 1.54) is 16.4 Å². The highest BCUT2D eigenvalue weighted by atomic mass is 79.9. The lowest BCUT2D eigenvalue weighted by Crippen LogP contribution is -2.50. The van der Waals surface area contributed by atoms with Crippen LogP contribution in [0.2, 0.25) is 0 Å². The molecule has 112 valence electrons. The molecule has 20 heavy (non-hydrogen) atoms. The molecule has 1 aliphatic rings. The zero-order valence-corrected chi connectivity index (χ0v) is 13.9. The molecule has 1 fully saturated rings. The molecule has 1 aliphatic heterocycles. The van der Waals surface area contributed by atoms with Gasteiger partial charge in [0.05, 0.1) is 9.37 Å². The van der Waals surface area contributed by atoms with E-state index in [0.29, 0.717) is 32.2 Å². The van der Waals surface area contributed by atoms with E-state index in [1.54, 1.807) is 0 Å². The van der Waals surface area contributed by atoms with Crippen LogP contribution in [0.3, 0.4) is 0 Å². The summed E-state index contributed by atoms with van der Waals surface area (Å²) in [7, 11) is -3.60. The van der Waals surface area contributed by atoms with Crippen molar-refractivity contribution >= 4 is 26.0 Å². The SMILES string of the molecule is CC(C)N1CCN(S(=O)(=O)c2ccc(Br)c(F)c2)CC1. The van der Waals surface area contributed by atoms with Crippen molar-refractivity contribution in [2.24, 2.45) is 0 Å². The third kappa shape index (κ3) is 3.21. The van der Waals surface area contributed by atoms with Gasteiger partial charge in [-0.3, -0.25) is 4.90 Å². The highest BCUT2D eigenvalue weighted by Crippen LogP contribution is 2.23. The second-order valence-electron chi connectivity index (χ2n) is 5.11. The highest BCUT2D eigenvalue weighted by molar-refractivity contribution is 9.10. The average Bonchev–Trinajstić information content (AvgIpc) is 2.41. The molecular weight excluding hydrogens is 347 g/mol. The highest BCUT2D eigenvalue weighted by Gasteiger charge is 2.29. The van der Waals surface area contributed by atoms with Crippen LogP contribution in [0, 0.1) is 5.82 Å². The molecule has 0 spiro atoms. The van der Waals surface area contributed by atoms with E-state index in [0.717, 1.165) is 6.07 Å². The zero-order chi connectivity index (χ0) is 14.9. The number of sulfonamides is 1. The molecule has 0 aromatic heterocycles. The Morgan fingerprint density at radius 3 is 2.30 bits per heavy atom. The first-order chi connectivity index (χ1) is 9.32. The second-order valence-corrected chi connectivity index (χ2v) is 7.90. The molecular formula is C13H18BrFN2O2S. The van der Waals surface area contributed by atoms with Gasteiger partial charge in [-0.05, 0) is 48.0 Å². The fraction of sp³-hybridized carbons (Fsp3) is 0.538. The van der Waals surface area contributed by atoms with Crippen molar-refractivity contribution in [3.05, 3.63) is 28.5 Å². The summed E-state index contributed by atoms with van der Waals surface area (Å²) in [6, 6.07) is 4.32. The van der Waals surface area contributed by atoms with E-state index in [4.69, 9.17) is 0 Å². The standard InChI is InChI=1S/C13H18BrFN2O2S/c1-10(2)16-5-7-17(8-6-16)20(18,19)11-3-4-12(14)13(15)9-11/h3-4,9-10H,5-8H2,1-2H3. The van der Waals surface area contributed by atoms with Crippen LogP contribution in [-0.2, 0) is 10.0 Å². The number of rotatable bonds is 3. The van der Waals surface area contributed by atoms with Gasteiger partial charge in [-0.1, -0.05) is 0 Å². The molecule has 0 amide bonds. The summed E-state index contributed by atoms with van der Waals surface area (Å²) in [5, 5.41) is 0. The molecule has 0 N–H and O–H groups in total. The lowest BCUT2D eigenvalue weighted by atomic mass is 10.3. The van der Waals surface area contributed by atoms with Gasteiger partial charge in [0.25, 0.3) is 0 Å². The van der Waals surface area contributed by atoms with E-state index >= 15 is 0 Å². The molecule has 1 aromatic rings. The topological polar surface area (TPSA) is 40.6 Å². The van der Waals surface area contributed by atoms with Gasteiger partial charge in [-0.2, -0.15) is 4.31 Å². The third-order valence-electron chi connectivity index (χ3n) is 3.53. The molecule has 0 unspecified atom stereocenters. The predicted octanol–water partition coefficient (Wildman–Crippen LogP) is 2.30. The fourth-order valence-corrected chi connectivity index (χ4v) is 3.93. The number of benzene rings is 1. The molecule has 4 nitrogen and oxygen atoms in total. The average molecular weight is 365 g/mol. The van der Waals surface area contributed by atoms with Crippen molar-refractivity contribution < 1.29 is 12.8 Å². The first-order valence-corrected chi connectivity index (χ1v) is 8.75. The van der Waals surface area contributed by atoms with Crippen LogP contribution in [-0.4, -0.2) is 49.8 Å². The van der Waals surface area contributed by atoms with Crippen molar-refractivity contribution in [2.45, 2.75) is 24.8 Å². The first-order valence-electron chi connectivity index (χ1n) is 6.51. The van der Waals surface area contributed by atoms with Crippen LogP contribution in [0.5, 0.6) is 0 Å². The molecule has 1 aromatic carbocycles. The molecule has 1 heterocycles. The van der Waals surface area contributed by atoms with Crippen LogP contribution < -0.4 is 0 Å². The maximum Gasteiger partial charge on any atom is 0.243 e. The maximum atomic E-state index is 13.5. The van der Waals surface area contributed by atoms with Gasteiger partial charge in [0.15, 0.2) is 0 Å². The molecule has 0 bridgehead atoms. The normalized spacial score (nSPS) is 18.6. The zero-order valence-electron chi connectivity index (χ0n) is 11.5. The number of piperazine rings is 1. The Hall–Kier alpha value is -0.500. The predicted molar refractivity (Wildman–Crippen MR) is 79.6 cm³/mol. The van der Waals surface area contributed by atoms with E-state index < -0.39 is 15.8 Å². The quantitative estimate of drug-likeness (QED) is 0.826. The largest absolute Gasteiger partial charge is 0.298 e. The Morgan fingerprint density at radius 2 is 1.80 bits per heavy atom. The first kappa shape index (κ1) is 15.9. The monoisotopic (exact) mass is 364 g/mol. The van der Waals surface area contributed by atoms with Crippen LogP contribution in [0.1, 0.15) is 13.8 Å². The summed E-state index contributed by atoms with van der Waals surface area (Å²) < 4.78 is 40.1. The third-order valence-corrected chi connectivity index (χ3v) is 6.07. The second kappa shape index (κ2) is 6.09. The van der Waals surface area contributed by atoms with E-state index in [-0.39, 0.29) is 9.37 Å². The minimum Gasteiger partial charge on any atom is -0.298 e. The van der Waals surface area contributed by atoms with Crippen LogP contribution >= 0.6 is 15.9 Å². The summed E-state index contributed by atoms with van der Waals surface area (Å²) in [5.41, 5.74) is 0. The minimum atomic E-state index is -3.60. The summed E-state index contributed by atoms with van der Waals surface area (Å²) >= 11 is 3.03. The van der Waals surface area contributed by atoms with Crippen LogP contribution in [0.4, 0.5) is 4.39 Å². The Kier molecular flexibility index (Phi) is 4.84. The molecule has 0 saturated carbocycles. The van der Waals surface area contributed by atoms with Crippen LogP contribution in [0.15, 0.2) is 27.6 Å². The van der Waals surface area contributed by atoms with Crippen molar-refractivity contribution in [3.63, 3.8) is 0 Å². The molecule has 0 radical (unpaired) electrons. The van der Waals surface area contributed by atoms with Gasteiger partial charge in [0.1, 0.15) is 5.82 Å². The van der Waals surface area contributed by atoms with E-state index in [1.807, 2.05) is 0 Å². The molecule has 1 saturated heterocycles. The summed E-state index contributed by atoms with van der Waals surface area (Å²) in [5.74, 6) is -0.563. The molecule has 0 aliphatic carbocycles. The van der Waals surface area contributed by atoms with Gasteiger partial charge in [0.2, 0.25) is 10.0 Å². The lowest BCUT2D eigenvalue weighted by molar-refractivity contribution is 0.154. The lowest BCUT2D eigenvalue weighted by Gasteiger charge is -2.36. The Balaban J connectivity index is 2.17. The van der Waals surface area contributed by atoms with Crippen molar-refractivity contribution in [2.75, 3.05) is 26.2 Å². The number of hydrogen-bond donors (Lipinski definition) is 0. The van der Waals surface area contributed by atoms with Gasteiger partial charge in [0, 0.05) is 32.2 Å². The smallest absolute Gasteiger partial charge is 0.243 e. The number of halogens is 2. The molecule has 2 rings (SSSR count). The van der Waals surface area contributed by atoms with Crippen molar-refractivity contribution in [1.29, 1.82) is 0 Å². The van der Waals surface area contributed by atoms with Gasteiger partial charge in [-0.25, -0.2) is 12.8 Å². The maximum absolute atomic E-state index is 13.5. The summed E-state index contributed by atoms with van der Waals surface area (Å²) in [4.78, 5) is 2.24. The molecule has 0 atom stereocenters. The Bertz CT molecular complexity index is 584. The van der Waals surface area contributed by atoms with Crippen molar-refractivity contribution in [3.8, 4) is 0 Å². The van der Waals surface area contributed by atoms with Gasteiger partial charge >= 0.3 is 0 Å². The van der Waals surface area contributed by atoms with Crippen LogP contribution in [0.25, 0.3) is 0 Å². The van der Waals surface area contributed by atoms with E-state index in [9.17, 15) is 12.8 Å². The van der Waals surface area contributed by atoms with E-state index in [2.05, 4.69) is 34.7 Å². The Labute approximate surface area is 127 Å². The summed E-state index contributed by atoms with van der Waals surface area (Å²) in [6.45, 7) is 6.48. The van der Waals surface area contributed by atoms with Crippen molar-refractivity contribution in [1.82, 2.24) is 9.21 Å². The van der Waals surface area contributed by atoms with Gasteiger partial charge in [-0.15, -0.1) is 0 Å². The van der Waals surface area contributed by atoms with Gasteiger partial charge < -0.3 is 0 Å². The number of nitrogens with zero attached hydrogens (tertiary/aromatic N) is 2. The fourth-order valence-electron chi connectivity index (χ4n) is 2.25. The number of hydrogen-bond acceptors (Lipinski definition) is 3. The summed E-state index contributed by atoms with van der Waals surface area (Å²) in [6.07, 6.45) is 0. The molecule has 7 heteroatoms. The Morgan fingerprint density at radius 1 is 1.20 bits per heavy atom.